The average Bonchev–Trinajstić information content (AvgIpc) is 3.25. The zero-order valence-electron chi connectivity index (χ0n) is 19.3. The molecule has 35 heavy (non-hydrogen) atoms. The monoisotopic (exact) mass is 495 g/mol. The Kier molecular flexibility index (Phi) is 7.87. The summed E-state index contributed by atoms with van der Waals surface area (Å²) < 4.78 is 16.7. The van der Waals surface area contributed by atoms with Crippen LogP contribution in [0.5, 0.6) is 5.75 Å². The summed E-state index contributed by atoms with van der Waals surface area (Å²) >= 11 is 6.07. The summed E-state index contributed by atoms with van der Waals surface area (Å²) in [6.07, 6.45) is 2.37. The smallest absolute Gasteiger partial charge is 0.320 e. The first-order chi connectivity index (χ1) is 17.0. The minimum atomic E-state index is -1.14. The van der Waals surface area contributed by atoms with Crippen LogP contribution in [0.15, 0.2) is 59.0 Å². The van der Waals surface area contributed by atoms with Gasteiger partial charge in [0.05, 0.1) is 13.2 Å². The van der Waals surface area contributed by atoms with Crippen molar-refractivity contribution in [2.75, 3.05) is 13.2 Å². The molecule has 182 valence electrons. The van der Waals surface area contributed by atoms with Crippen LogP contribution in [-0.4, -0.2) is 35.2 Å². The Bertz CT molecular complexity index is 1350. The van der Waals surface area contributed by atoms with Crippen LogP contribution in [0.2, 0.25) is 5.02 Å². The number of aliphatic carboxylic acids is 1. The normalized spacial score (nSPS) is 12.1. The number of hydrogen-bond donors (Lipinski definition) is 1. The number of fused-ring (bicyclic) bond motifs is 2. The van der Waals surface area contributed by atoms with Crippen LogP contribution in [0.25, 0.3) is 33.3 Å². The maximum Gasteiger partial charge on any atom is 0.320 e. The lowest BCUT2D eigenvalue weighted by molar-refractivity contribution is -0.158. The number of carbonyl (C=O) groups is 2. The second kappa shape index (κ2) is 11.2. The summed E-state index contributed by atoms with van der Waals surface area (Å²) in [6.45, 7) is 2.33. The maximum absolute atomic E-state index is 11.7. The van der Waals surface area contributed by atoms with Gasteiger partial charge in [-0.1, -0.05) is 36.6 Å². The number of ether oxygens (including phenoxy) is 2. The Labute approximate surface area is 207 Å². The summed E-state index contributed by atoms with van der Waals surface area (Å²) in [6, 6.07) is 17.2. The van der Waals surface area contributed by atoms with Crippen LogP contribution in [-0.2, 0) is 14.3 Å². The highest BCUT2D eigenvalue weighted by Gasteiger charge is 2.26. The largest absolute Gasteiger partial charge is 0.494 e. The molecular weight excluding hydrogens is 470 g/mol. The highest BCUT2D eigenvalue weighted by atomic mass is 35.5. The molecule has 0 saturated heterocycles. The molecule has 1 N–H and O–H groups in total. The number of benzene rings is 3. The zero-order valence-corrected chi connectivity index (χ0v) is 20.1. The number of oxazole rings is 1. The number of aromatic nitrogens is 1. The molecule has 0 fully saturated rings. The van der Waals surface area contributed by atoms with Gasteiger partial charge < -0.3 is 19.0 Å². The van der Waals surface area contributed by atoms with E-state index in [0.717, 1.165) is 34.9 Å². The van der Waals surface area contributed by atoms with Crippen molar-refractivity contribution in [2.24, 2.45) is 5.92 Å². The van der Waals surface area contributed by atoms with Gasteiger partial charge in [0.2, 0.25) is 5.89 Å². The molecule has 4 rings (SSSR count). The lowest BCUT2D eigenvalue weighted by Crippen LogP contribution is -2.25. The predicted octanol–water partition coefficient (Wildman–Crippen LogP) is 6.50. The molecule has 7 nitrogen and oxygen atoms in total. The van der Waals surface area contributed by atoms with Crippen molar-refractivity contribution in [1.82, 2.24) is 4.98 Å². The van der Waals surface area contributed by atoms with Gasteiger partial charge in [0.15, 0.2) is 11.5 Å². The van der Waals surface area contributed by atoms with Crippen LogP contribution >= 0.6 is 11.6 Å². The van der Waals surface area contributed by atoms with E-state index in [0.29, 0.717) is 35.0 Å². The first-order valence-corrected chi connectivity index (χ1v) is 12.0. The molecular formula is C27H26ClNO6. The molecule has 3 aromatic carbocycles. The van der Waals surface area contributed by atoms with Crippen molar-refractivity contribution in [3.8, 4) is 17.2 Å². The molecule has 1 unspecified atom stereocenters. The van der Waals surface area contributed by atoms with Gasteiger partial charge in [-0.05, 0) is 73.0 Å². The number of carboxylic acids is 1. The van der Waals surface area contributed by atoms with Gasteiger partial charge >= 0.3 is 11.9 Å². The molecule has 8 heteroatoms. The quantitative estimate of drug-likeness (QED) is 0.144. The highest BCUT2D eigenvalue weighted by Crippen LogP contribution is 2.33. The Morgan fingerprint density at radius 3 is 2.74 bits per heavy atom. The van der Waals surface area contributed by atoms with Crippen LogP contribution in [0, 0.1) is 5.92 Å². The van der Waals surface area contributed by atoms with E-state index in [1.807, 2.05) is 42.5 Å². The number of nitrogens with zero attached hydrogens (tertiary/aromatic N) is 1. The Balaban J connectivity index is 1.35. The van der Waals surface area contributed by atoms with Gasteiger partial charge in [0.25, 0.3) is 0 Å². The number of rotatable bonds is 11. The average molecular weight is 496 g/mol. The topological polar surface area (TPSA) is 98.9 Å². The molecule has 0 radical (unpaired) electrons. The molecule has 1 aromatic heterocycles. The van der Waals surface area contributed by atoms with Crippen molar-refractivity contribution in [1.29, 1.82) is 0 Å². The summed E-state index contributed by atoms with van der Waals surface area (Å²) in [4.78, 5) is 27.6. The van der Waals surface area contributed by atoms with E-state index < -0.39 is 17.9 Å². The molecule has 0 aliphatic carbocycles. The van der Waals surface area contributed by atoms with Crippen LogP contribution < -0.4 is 4.74 Å². The third-order valence-corrected chi connectivity index (χ3v) is 5.94. The first-order valence-electron chi connectivity index (χ1n) is 11.6. The number of carbonyl (C=O) groups excluding carboxylic acids is 1. The van der Waals surface area contributed by atoms with Crippen molar-refractivity contribution in [2.45, 2.75) is 32.6 Å². The van der Waals surface area contributed by atoms with Gasteiger partial charge in [0.1, 0.15) is 11.3 Å². The third kappa shape index (κ3) is 5.92. The molecule has 0 amide bonds. The zero-order chi connectivity index (χ0) is 24.8. The summed E-state index contributed by atoms with van der Waals surface area (Å²) in [5.74, 6) is -1.65. The fourth-order valence-corrected chi connectivity index (χ4v) is 4.12. The van der Waals surface area contributed by atoms with E-state index >= 15 is 0 Å². The first kappa shape index (κ1) is 24.5. The van der Waals surface area contributed by atoms with Crippen molar-refractivity contribution < 1.29 is 28.6 Å². The van der Waals surface area contributed by atoms with E-state index in [4.69, 9.17) is 25.5 Å². The van der Waals surface area contributed by atoms with E-state index in [-0.39, 0.29) is 13.0 Å². The Morgan fingerprint density at radius 1 is 1.09 bits per heavy atom. The van der Waals surface area contributed by atoms with Gasteiger partial charge in [-0.15, -0.1) is 0 Å². The molecule has 0 bridgehead atoms. The van der Waals surface area contributed by atoms with Crippen LogP contribution in [0.1, 0.15) is 32.6 Å². The Morgan fingerprint density at radius 2 is 1.94 bits per heavy atom. The summed E-state index contributed by atoms with van der Waals surface area (Å²) in [5, 5.41) is 11.8. The molecule has 0 spiro atoms. The van der Waals surface area contributed by atoms with Crippen LogP contribution in [0.4, 0.5) is 0 Å². The SMILES string of the molecule is CCOC(=O)C(CCCCCOc1ccc2c(-c3nc4cc(Cl)ccc4o3)cccc2c1)C(=O)O. The van der Waals surface area contributed by atoms with Gasteiger partial charge in [-0.25, -0.2) is 4.98 Å². The Hall–Kier alpha value is -3.58. The number of carboxylic acid groups (broad SMARTS) is 1. The van der Waals surface area contributed by atoms with Crippen molar-refractivity contribution in [3.05, 3.63) is 59.6 Å². The molecule has 1 heterocycles. The van der Waals surface area contributed by atoms with Crippen molar-refractivity contribution in [3.63, 3.8) is 0 Å². The minimum Gasteiger partial charge on any atom is -0.494 e. The standard InChI is InChI=1S/C27H26ClNO6/c1-2-33-27(32)22(26(30)31)8-4-3-5-14-34-19-11-12-20-17(15-19)7-6-9-21(20)25-29-23-16-18(28)10-13-24(23)35-25/h6-7,9-13,15-16,22H,2-5,8,14H2,1H3,(H,30,31). The summed E-state index contributed by atoms with van der Waals surface area (Å²) in [5.41, 5.74) is 2.27. The van der Waals surface area contributed by atoms with E-state index in [1.54, 1.807) is 19.1 Å². The van der Waals surface area contributed by atoms with Gasteiger partial charge in [-0.2, -0.15) is 0 Å². The fraction of sp³-hybridized carbons (Fsp3) is 0.296. The number of esters is 1. The van der Waals surface area contributed by atoms with Gasteiger partial charge in [-0.3, -0.25) is 9.59 Å². The van der Waals surface area contributed by atoms with E-state index in [2.05, 4.69) is 4.98 Å². The van der Waals surface area contributed by atoms with Crippen molar-refractivity contribution >= 4 is 45.4 Å². The van der Waals surface area contributed by atoms with Crippen LogP contribution in [0.3, 0.4) is 0 Å². The third-order valence-electron chi connectivity index (χ3n) is 5.71. The molecule has 4 aromatic rings. The fourth-order valence-electron chi connectivity index (χ4n) is 3.96. The molecule has 0 saturated carbocycles. The van der Waals surface area contributed by atoms with E-state index in [9.17, 15) is 14.7 Å². The predicted molar refractivity (Wildman–Crippen MR) is 134 cm³/mol. The van der Waals surface area contributed by atoms with E-state index in [1.165, 1.54) is 0 Å². The number of unbranched alkanes of at least 4 members (excludes halogenated alkanes) is 2. The second-order valence-corrected chi connectivity index (χ2v) is 8.60. The number of halogens is 1. The van der Waals surface area contributed by atoms with Gasteiger partial charge in [0, 0.05) is 10.6 Å². The maximum atomic E-state index is 11.7. The summed E-state index contributed by atoms with van der Waals surface area (Å²) in [7, 11) is 0. The highest BCUT2D eigenvalue weighted by molar-refractivity contribution is 6.31. The molecule has 0 aliphatic heterocycles. The minimum absolute atomic E-state index is 0.174. The molecule has 0 aliphatic rings. The lowest BCUT2D eigenvalue weighted by Gasteiger charge is -2.11. The second-order valence-electron chi connectivity index (χ2n) is 8.16. The lowest BCUT2D eigenvalue weighted by atomic mass is 10.0. The number of hydrogen-bond acceptors (Lipinski definition) is 6. The molecule has 1 atom stereocenters.